The first kappa shape index (κ1) is 12.5. The van der Waals surface area contributed by atoms with Gasteiger partial charge in [0.15, 0.2) is 0 Å². The fraction of sp³-hybridized carbons (Fsp3) is 0.357. The molecule has 1 aromatic carbocycles. The molecule has 1 heterocycles. The molecule has 4 heteroatoms. The maximum atomic E-state index is 12.0. The van der Waals surface area contributed by atoms with Crippen molar-refractivity contribution in [3.8, 4) is 0 Å². The molecular weight excluding hydrogens is 228 g/mol. The first-order valence-corrected chi connectivity index (χ1v) is 6.16. The lowest BCUT2D eigenvalue weighted by atomic mass is 10.0. The van der Waals surface area contributed by atoms with Crippen molar-refractivity contribution in [2.45, 2.75) is 12.3 Å². The summed E-state index contributed by atoms with van der Waals surface area (Å²) in [5.74, 6) is -0.00687. The Morgan fingerprint density at radius 3 is 3.22 bits per heavy atom. The molecule has 0 aromatic heterocycles. The van der Waals surface area contributed by atoms with Crippen molar-refractivity contribution in [1.29, 1.82) is 0 Å². The molecule has 0 spiro atoms. The summed E-state index contributed by atoms with van der Waals surface area (Å²) in [5, 5.41) is 6.17. The van der Waals surface area contributed by atoms with Crippen molar-refractivity contribution >= 4 is 11.6 Å². The van der Waals surface area contributed by atoms with Crippen LogP contribution in [0.25, 0.3) is 0 Å². The van der Waals surface area contributed by atoms with E-state index in [1.807, 2.05) is 24.3 Å². The Kier molecular flexibility index (Phi) is 4.23. The maximum absolute atomic E-state index is 12.0. The minimum absolute atomic E-state index is 0.0750. The van der Waals surface area contributed by atoms with E-state index < -0.39 is 0 Å². The molecule has 1 amide bonds. The Bertz CT molecular complexity index is 432. The molecule has 1 atom stereocenters. The Labute approximate surface area is 107 Å². The quantitative estimate of drug-likeness (QED) is 0.595. The normalized spacial score (nSPS) is 16.6. The van der Waals surface area contributed by atoms with E-state index in [0.29, 0.717) is 19.7 Å². The largest absolute Gasteiger partial charge is 0.502 e. The van der Waals surface area contributed by atoms with Crippen molar-refractivity contribution in [1.82, 2.24) is 5.32 Å². The van der Waals surface area contributed by atoms with Gasteiger partial charge in [0.1, 0.15) is 0 Å². The standard InChI is InChI=1S/C14H18N2O2/c1-2-18-9-5-8-15-14(17)12-10-16-13-7-4-3-6-11(12)13/h2-4,6-7,12,16H,1,5,8-10H2,(H,15,17). The third-order valence-corrected chi connectivity index (χ3v) is 3.01. The Hall–Kier alpha value is -1.97. The first-order valence-electron chi connectivity index (χ1n) is 6.16. The molecule has 0 aliphatic carbocycles. The summed E-state index contributed by atoms with van der Waals surface area (Å²) >= 11 is 0. The van der Waals surface area contributed by atoms with Crippen LogP contribution in [-0.4, -0.2) is 25.6 Å². The van der Waals surface area contributed by atoms with E-state index in [-0.39, 0.29) is 11.8 Å². The van der Waals surface area contributed by atoms with Crippen molar-refractivity contribution in [3.63, 3.8) is 0 Å². The van der Waals surface area contributed by atoms with Crippen molar-refractivity contribution in [2.24, 2.45) is 0 Å². The molecule has 1 unspecified atom stereocenters. The average molecular weight is 246 g/mol. The molecule has 2 rings (SSSR count). The van der Waals surface area contributed by atoms with Crippen LogP contribution in [-0.2, 0) is 9.53 Å². The van der Waals surface area contributed by atoms with E-state index in [0.717, 1.165) is 17.7 Å². The number of rotatable bonds is 6. The summed E-state index contributed by atoms with van der Waals surface area (Å²) in [4.78, 5) is 12.0. The molecule has 0 radical (unpaired) electrons. The number of nitrogens with one attached hydrogen (secondary N) is 2. The van der Waals surface area contributed by atoms with E-state index in [9.17, 15) is 4.79 Å². The van der Waals surface area contributed by atoms with E-state index in [1.165, 1.54) is 6.26 Å². The second kappa shape index (κ2) is 6.10. The van der Waals surface area contributed by atoms with E-state index in [2.05, 4.69) is 17.2 Å². The van der Waals surface area contributed by atoms with Crippen molar-refractivity contribution < 1.29 is 9.53 Å². The number of anilines is 1. The van der Waals surface area contributed by atoms with Crippen LogP contribution in [0.2, 0.25) is 0 Å². The highest BCUT2D eigenvalue weighted by Crippen LogP contribution is 2.30. The second-order valence-electron chi connectivity index (χ2n) is 4.20. The highest BCUT2D eigenvalue weighted by molar-refractivity contribution is 5.88. The zero-order valence-electron chi connectivity index (χ0n) is 10.3. The predicted octanol–water partition coefficient (Wildman–Crippen LogP) is 1.86. The van der Waals surface area contributed by atoms with Crippen LogP contribution in [0, 0.1) is 0 Å². The van der Waals surface area contributed by atoms with Gasteiger partial charge in [-0.15, -0.1) is 0 Å². The van der Waals surface area contributed by atoms with E-state index in [1.54, 1.807) is 0 Å². The molecule has 1 aliphatic rings. The monoisotopic (exact) mass is 246 g/mol. The smallest absolute Gasteiger partial charge is 0.229 e. The van der Waals surface area contributed by atoms with Gasteiger partial charge in [0.2, 0.25) is 5.91 Å². The van der Waals surface area contributed by atoms with E-state index >= 15 is 0 Å². The molecule has 4 nitrogen and oxygen atoms in total. The lowest BCUT2D eigenvalue weighted by Crippen LogP contribution is -2.31. The number of hydrogen-bond donors (Lipinski definition) is 2. The minimum atomic E-state index is -0.0819. The van der Waals surface area contributed by atoms with Gasteiger partial charge in [-0.25, -0.2) is 0 Å². The summed E-state index contributed by atoms with van der Waals surface area (Å²) in [6, 6.07) is 7.93. The van der Waals surface area contributed by atoms with Crippen LogP contribution in [0.15, 0.2) is 37.1 Å². The molecule has 0 bridgehead atoms. The summed E-state index contributed by atoms with van der Waals surface area (Å²) in [6.45, 7) is 5.36. The molecule has 0 saturated heterocycles. The highest BCUT2D eigenvalue weighted by Gasteiger charge is 2.27. The lowest BCUT2D eigenvalue weighted by molar-refractivity contribution is -0.122. The van der Waals surface area contributed by atoms with Gasteiger partial charge in [0.25, 0.3) is 0 Å². The minimum Gasteiger partial charge on any atom is -0.502 e. The first-order chi connectivity index (χ1) is 8.83. The van der Waals surface area contributed by atoms with Crippen LogP contribution >= 0.6 is 0 Å². The molecule has 96 valence electrons. The fourth-order valence-corrected chi connectivity index (χ4v) is 2.09. The summed E-state index contributed by atoms with van der Waals surface area (Å²) in [5.41, 5.74) is 2.14. The van der Waals surface area contributed by atoms with Gasteiger partial charge in [0, 0.05) is 18.8 Å². The number of benzene rings is 1. The number of fused-ring (bicyclic) bond motifs is 1. The van der Waals surface area contributed by atoms with Crippen LogP contribution in [0.4, 0.5) is 5.69 Å². The van der Waals surface area contributed by atoms with Crippen molar-refractivity contribution in [2.75, 3.05) is 25.0 Å². The second-order valence-corrected chi connectivity index (χ2v) is 4.20. The van der Waals surface area contributed by atoms with Crippen LogP contribution < -0.4 is 10.6 Å². The van der Waals surface area contributed by atoms with Crippen LogP contribution in [0.3, 0.4) is 0 Å². The predicted molar refractivity (Wildman–Crippen MR) is 71.4 cm³/mol. The van der Waals surface area contributed by atoms with Gasteiger partial charge < -0.3 is 15.4 Å². The molecule has 1 aromatic rings. The highest BCUT2D eigenvalue weighted by atomic mass is 16.5. The molecule has 2 N–H and O–H groups in total. The Morgan fingerprint density at radius 2 is 2.39 bits per heavy atom. The van der Waals surface area contributed by atoms with Gasteiger partial charge in [-0.1, -0.05) is 24.8 Å². The molecule has 0 fully saturated rings. The number of carbonyl (C=O) groups excluding carboxylic acids is 1. The SMILES string of the molecule is C=COCCCNC(=O)C1CNc2ccccc21. The zero-order valence-corrected chi connectivity index (χ0v) is 10.3. The number of carbonyl (C=O) groups is 1. The number of hydrogen-bond acceptors (Lipinski definition) is 3. The molecule has 0 saturated carbocycles. The third-order valence-electron chi connectivity index (χ3n) is 3.01. The molecule has 1 aliphatic heterocycles. The molecular formula is C14H18N2O2. The Balaban J connectivity index is 1.82. The molecule has 18 heavy (non-hydrogen) atoms. The Morgan fingerprint density at radius 1 is 1.56 bits per heavy atom. The van der Waals surface area contributed by atoms with E-state index in [4.69, 9.17) is 4.74 Å². The van der Waals surface area contributed by atoms with Gasteiger partial charge in [-0.2, -0.15) is 0 Å². The number of amides is 1. The zero-order chi connectivity index (χ0) is 12.8. The third kappa shape index (κ3) is 2.83. The van der Waals surface area contributed by atoms with Gasteiger partial charge in [-0.3, -0.25) is 4.79 Å². The van der Waals surface area contributed by atoms with Crippen molar-refractivity contribution in [3.05, 3.63) is 42.7 Å². The number of para-hydroxylation sites is 1. The summed E-state index contributed by atoms with van der Waals surface area (Å²) in [7, 11) is 0. The van der Waals surface area contributed by atoms with Gasteiger partial charge >= 0.3 is 0 Å². The maximum Gasteiger partial charge on any atom is 0.229 e. The summed E-state index contributed by atoms with van der Waals surface area (Å²) < 4.78 is 5.00. The van der Waals surface area contributed by atoms with Crippen LogP contribution in [0.1, 0.15) is 17.9 Å². The number of ether oxygens (including phenoxy) is 1. The van der Waals surface area contributed by atoms with Gasteiger partial charge in [-0.05, 0) is 18.1 Å². The fourth-order valence-electron chi connectivity index (χ4n) is 2.09. The average Bonchev–Trinajstić information content (AvgIpc) is 2.82. The van der Waals surface area contributed by atoms with Crippen LogP contribution in [0.5, 0.6) is 0 Å². The van der Waals surface area contributed by atoms with Gasteiger partial charge in [0.05, 0.1) is 18.8 Å². The lowest BCUT2D eigenvalue weighted by Gasteiger charge is -2.11. The summed E-state index contributed by atoms with van der Waals surface area (Å²) in [6.07, 6.45) is 2.21. The topological polar surface area (TPSA) is 50.4 Å².